The van der Waals surface area contributed by atoms with Crippen LogP contribution in [0, 0.1) is 0 Å². The smallest absolute Gasteiger partial charge is 0.312 e. The summed E-state index contributed by atoms with van der Waals surface area (Å²) >= 11 is 1.29. The molecule has 0 aliphatic carbocycles. The molecule has 1 aliphatic rings. The second-order valence-electron chi connectivity index (χ2n) is 5.98. The number of hydrogen-bond acceptors (Lipinski definition) is 7. The average Bonchev–Trinajstić information content (AvgIpc) is 3.33. The molecular weight excluding hydrogens is 384 g/mol. The molecule has 2 N–H and O–H groups in total. The van der Waals surface area contributed by atoms with Crippen LogP contribution in [0.5, 0.6) is 0 Å². The summed E-state index contributed by atoms with van der Waals surface area (Å²) in [6, 6.07) is 8.35. The van der Waals surface area contributed by atoms with Gasteiger partial charge in [-0.05, 0) is 18.6 Å². The van der Waals surface area contributed by atoms with Crippen LogP contribution in [0.25, 0.3) is 0 Å². The van der Waals surface area contributed by atoms with Crippen molar-refractivity contribution < 1.29 is 23.9 Å². The molecule has 0 saturated carbocycles. The summed E-state index contributed by atoms with van der Waals surface area (Å²) < 4.78 is 4.88. The second-order valence-corrected chi connectivity index (χ2v) is 6.81. The van der Waals surface area contributed by atoms with Gasteiger partial charge in [-0.25, -0.2) is 4.98 Å². The summed E-state index contributed by atoms with van der Waals surface area (Å²) in [5.74, 6) is -1.75. The zero-order valence-corrected chi connectivity index (χ0v) is 15.7. The zero-order chi connectivity index (χ0) is 19.9. The van der Waals surface area contributed by atoms with Gasteiger partial charge in [-0.2, -0.15) is 0 Å². The van der Waals surface area contributed by atoms with Crippen LogP contribution in [0.15, 0.2) is 35.7 Å². The summed E-state index contributed by atoms with van der Waals surface area (Å²) in [5, 5.41) is 2.24. The molecule has 0 spiro atoms. The van der Waals surface area contributed by atoms with Crippen molar-refractivity contribution in [3.63, 3.8) is 0 Å². The fourth-order valence-electron chi connectivity index (χ4n) is 2.52. The van der Waals surface area contributed by atoms with Crippen molar-refractivity contribution in [2.75, 3.05) is 18.1 Å². The Morgan fingerprint density at radius 3 is 2.68 bits per heavy atom. The van der Waals surface area contributed by atoms with E-state index in [4.69, 9.17) is 4.74 Å². The van der Waals surface area contributed by atoms with Crippen LogP contribution in [0.2, 0.25) is 0 Å². The highest BCUT2D eigenvalue weighted by Gasteiger charge is 2.24. The third-order valence-corrected chi connectivity index (χ3v) is 4.80. The molecule has 0 atom stereocenters. The lowest BCUT2D eigenvalue weighted by atomic mass is 10.2. The Kier molecular flexibility index (Phi) is 6.33. The Balaban J connectivity index is 1.39. The van der Waals surface area contributed by atoms with Crippen molar-refractivity contribution in [3.05, 3.63) is 47.0 Å². The monoisotopic (exact) mass is 402 g/mol. The van der Waals surface area contributed by atoms with E-state index in [1.807, 2.05) is 0 Å². The molecule has 10 heteroatoms. The van der Waals surface area contributed by atoms with Crippen molar-refractivity contribution in [1.29, 1.82) is 0 Å². The van der Waals surface area contributed by atoms with Crippen LogP contribution in [0.3, 0.4) is 0 Å². The van der Waals surface area contributed by atoms with Gasteiger partial charge in [-0.15, -0.1) is 11.3 Å². The molecule has 2 aromatic rings. The summed E-state index contributed by atoms with van der Waals surface area (Å²) in [7, 11) is 0. The minimum atomic E-state index is -0.667. The molecule has 1 aliphatic heterocycles. The van der Waals surface area contributed by atoms with Crippen LogP contribution >= 0.6 is 11.3 Å². The third kappa shape index (κ3) is 5.13. The molecule has 28 heavy (non-hydrogen) atoms. The first-order valence-corrected chi connectivity index (χ1v) is 9.45. The highest BCUT2D eigenvalue weighted by atomic mass is 32.1. The van der Waals surface area contributed by atoms with E-state index in [0.29, 0.717) is 29.4 Å². The minimum Gasteiger partial charge on any atom is -0.455 e. The fraction of sp³-hybridized carbons (Fsp3) is 0.278. The van der Waals surface area contributed by atoms with E-state index in [-0.39, 0.29) is 12.3 Å². The first-order chi connectivity index (χ1) is 13.5. The zero-order valence-electron chi connectivity index (χ0n) is 14.8. The SMILES string of the molecule is O=C(COC(=O)Cc1csc(N2CCCC2=O)n1)NNC(=O)c1ccccc1. The molecule has 1 fully saturated rings. The van der Waals surface area contributed by atoms with Gasteiger partial charge < -0.3 is 4.74 Å². The van der Waals surface area contributed by atoms with Gasteiger partial charge in [0.15, 0.2) is 11.7 Å². The molecule has 0 bridgehead atoms. The van der Waals surface area contributed by atoms with Crippen molar-refractivity contribution in [2.45, 2.75) is 19.3 Å². The van der Waals surface area contributed by atoms with Crippen LogP contribution in [-0.2, 0) is 25.5 Å². The number of esters is 1. The number of carbonyl (C=O) groups is 4. The van der Waals surface area contributed by atoms with E-state index < -0.39 is 24.4 Å². The molecule has 1 aromatic heterocycles. The molecule has 9 nitrogen and oxygen atoms in total. The summed E-state index contributed by atoms with van der Waals surface area (Å²) in [5.41, 5.74) is 5.27. The average molecular weight is 402 g/mol. The van der Waals surface area contributed by atoms with Gasteiger partial charge in [0.1, 0.15) is 0 Å². The van der Waals surface area contributed by atoms with Crippen LogP contribution in [-0.4, -0.2) is 41.8 Å². The van der Waals surface area contributed by atoms with Crippen LogP contribution < -0.4 is 15.8 Å². The topological polar surface area (TPSA) is 118 Å². The van der Waals surface area contributed by atoms with Gasteiger partial charge in [0.25, 0.3) is 11.8 Å². The second kappa shape index (κ2) is 9.09. The number of aromatic nitrogens is 1. The predicted octanol–water partition coefficient (Wildman–Crippen LogP) is 0.817. The van der Waals surface area contributed by atoms with E-state index in [2.05, 4.69) is 15.8 Å². The Hall–Kier alpha value is -3.27. The van der Waals surface area contributed by atoms with Crippen molar-refractivity contribution in [3.8, 4) is 0 Å². The van der Waals surface area contributed by atoms with Gasteiger partial charge in [0.2, 0.25) is 5.91 Å². The van der Waals surface area contributed by atoms with Gasteiger partial charge in [-0.1, -0.05) is 18.2 Å². The van der Waals surface area contributed by atoms with E-state index in [1.165, 1.54) is 11.3 Å². The molecule has 0 unspecified atom stereocenters. The van der Waals surface area contributed by atoms with Gasteiger partial charge in [-0.3, -0.25) is 34.9 Å². The number of nitrogens with one attached hydrogen (secondary N) is 2. The number of carbonyl (C=O) groups excluding carboxylic acids is 4. The molecule has 3 rings (SSSR count). The maximum Gasteiger partial charge on any atom is 0.312 e. The maximum atomic E-state index is 11.9. The first kappa shape index (κ1) is 19.5. The number of rotatable bonds is 6. The molecular formula is C18H18N4O5S. The first-order valence-electron chi connectivity index (χ1n) is 8.57. The number of hydrogen-bond donors (Lipinski definition) is 2. The Labute approximate surface area is 164 Å². The number of anilines is 1. The number of nitrogens with zero attached hydrogens (tertiary/aromatic N) is 2. The maximum absolute atomic E-state index is 11.9. The minimum absolute atomic E-state index is 0.0256. The Morgan fingerprint density at radius 1 is 1.18 bits per heavy atom. The highest BCUT2D eigenvalue weighted by Crippen LogP contribution is 2.25. The van der Waals surface area contributed by atoms with Crippen LogP contribution in [0.4, 0.5) is 5.13 Å². The highest BCUT2D eigenvalue weighted by molar-refractivity contribution is 7.14. The lowest BCUT2D eigenvalue weighted by Gasteiger charge is -2.10. The molecule has 146 valence electrons. The van der Waals surface area contributed by atoms with Gasteiger partial charge in [0.05, 0.1) is 12.1 Å². The number of benzene rings is 1. The van der Waals surface area contributed by atoms with Crippen molar-refractivity contribution in [1.82, 2.24) is 15.8 Å². The standard InChI is InChI=1S/C18H18N4O5S/c23-14(20-21-17(26)12-5-2-1-3-6-12)10-27-16(25)9-13-11-28-18(19-13)22-8-4-7-15(22)24/h1-3,5-6,11H,4,7-10H2,(H,20,23)(H,21,26). The quantitative estimate of drug-likeness (QED) is 0.546. The van der Waals surface area contributed by atoms with E-state index in [9.17, 15) is 19.2 Å². The Morgan fingerprint density at radius 2 is 1.96 bits per heavy atom. The lowest BCUT2D eigenvalue weighted by molar-refractivity contribution is -0.148. The van der Waals surface area contributed by atoms with Gasteiger partial charge >= 0.3 is 5.97 Å². The number of hydrazine groups is 1. The summed E-state index contributed by atoms with van der Waals surface area (Å²) in [4.78, 5) is 52.9. The molecule has 2 heterocycles. The predicted molar refractivity (Wildman–Crippen MR) is 100 cm³/mol. The summed E-state index contributed by atoms with van der Waals surface area (Å²) in [6.07, 6.45) is 1.20. The number of ether oxygens (including phenoxy) is 1. The fourth-order valence-corrected chi connectivity index (χ4v) is 3.39. The molecule has 0 radical (unpaired) electrons. The Bertz CT molecular complexity index is 883. The molecule has 1 aromatic carbocycles. The number of thiazole rings is 1. The van der Waals surface area contributed by atoms with Crippen molar-refractivity contribution in [2.24, 2.45) is 0 Å². The van der Waals surface area contributed by atoms with Crippen molar-refractivity contribution >= 4 is 40.2 Å². The lowest BCUT2D eigenvalue weighted by Crippen LogP contribution is -2.43. The molecule has 3 amide bonds. The van der Waals surface area contributed by atoms with E-state index in [0.717, 1.165) is 6.42 Å². The number of amides is 3. The van der Waals surface area contributed by atoms with Crippen LogP contribution in [0.1, 0.15) is 28.9 Å². The normalized spacial score (nSPS) is 13.3. The van der Waals surface area contributed by atoms with Gasteiger partial charge in [0, 0.05) is 23.9 Å². The van der Waals surface area contributed by atoms with E-state index >= 15 is 0 Å². The third-order valence-electron chi connectivity index (χ3n) is 3.89. The summed E-state index contributed by atoms with van der Waals surface area (Å²) in [6.45, 7) is 0.0978. The molecule has 1 saturated heterocycles. The largest absolute Gasteiger partial charge is 0.455 e. The van der Waals surface area contributed by atoms with E-state index in [1.54, 1.807) is 40.6 Å².